The van der Waals surface area contributed by atoms with Gasteiger partial charge < -0.3 is 55.2 Å². The fourth-order valence-electron chi connectivity index (χ4n) is 11.6. The second kappa shape index (κ2) is 38.6. The van der Waals surface area contributed by atoms with Crippen LogP contribution in [-0.2, 0) is 83.3 Å². The number of nitrogens with zero attached hydrogens (tertiary/aromatic N) is 4. The number of sulfonamides is 1. The van der Waals surface area contributed by atoms with Crippen LogP contribution in [0.15, 0.2) is 41.3 Å². The second-order valence-electron chi connectivity index (χ2n) is 24.6. The van der Waals surface area contributed by atoms with Gasteiger partial charge in [0, 0.05) is 71.7 Å². The monoisotopic (exact) mass is 1290 g/mol. The first kappa shape index (κ1) is 78.0. The average molecular weight is 1290 g/mol. The summed E-state index contributed by atoms with van der Waals surface area (Å²) < 4.78 is 58.1. The average Bonchev–Trinajstić information content (AvgIpc) is 1.72. The Morgan fingerprint density at radius 1 is 0.744 bits per heavy atom. The molecule has 508 valence electrons. The number of amides is 9. The smallest absolute Gasteiger partial charge is 0.312 e. The van der Waals surface area contributed by atoms with E-state index in [9.17, 15) is 56.4 Å². The number of ketones is 2. The summed E-state index contributed by atoms with van der Waals surface area (Å²) in [6.07, 6.45) is 2.37. The number of nitrogens with two attached hydrogens (primary N) is 1. The van der Waals surface area contributed by atoms with Crippen LogP contribution in [-0.4, -0.2) is 224 Å². The van der Waals surface area contributed by atoms with Crippen molar-refractivity contribution >= 4 is 69.0 Å². The number of likely N-dealkylation sites (N-methyl/N-ethyl adjacent to an activating group) is 2. The van der Waals surface area contributed by atoms with Crippen molar-refractivity contribution in [2.24, 2.45) is 41.2 Å². The van der Waals surface area contributed by atoms with Crippen LogP contribution in [0.5, 0.6) is 0 Å². The van der Waals surface area contributed by atoms with Crippen molar-refractivity contribution in [3.63, 3.8) is 0 Å². The number of ether oxygens (including phenoxy) is 5. The fraction of sp³-hybridized carbons (Fsp3) is 0.714. The molecule has 2 heterocycles. The van der Waals surface area contributed by atoms with Crippen molar-refractivity contribution in [1.82, 2.24) is 40.3 Å². The van der Waals surface area contributed by atoms with E-state index in [1.54, 1.807) is 30.7 Å². The van der Waals surface area contributed by atoms with Crippen LogP contribution in [0.2, 0.25) is 0 Å². The van der Waals surface area contributed by atoms with Crippen LogP contribution < -0.4 is 26.4 Å². The molecule has 9 amide bonds. The van der Waals surface area contributed by atoms with Gasteiger partial charge in [-0.05, 0) is 81.1 Å². The largest absolute Gasteiger partial charge is 0.379 e. The van der Waals surface area contributed by atoms with Crippen molar-refractivity contribution in [1.29, 1.82) is 0 Å². The minimum atomic E-state index is -4.49. The van der Waals surface area contributed by atoms with Crippen LogP contribution in [0.1, 0.15) is 119 Å². The molecule has 0 aliphatic carbocycles. The Bertz CT molecular complexity index is 2660. The van der Waals surface area contributed by atoms with Gasteiger partial charge in [-0.1, -0.05) is 80.9 Å². The molecule has 27 heteroatoms. The molecule has 3 rings (SSSR count). The number of nitrogens with one attached hydrogen (secondary N) is 4. The van der Waals surface area contributed by atoms with Crippen molar-refractivity contribution in [3.8, 4) is 0 Å². The zero-order valence-electron chi connectivity index (χ0n) is 55.4. The van der Waals surface area contributed by atoms with Crippen molar-refractivity contribution in [2.75, 3.05) is 94.6 Å². The lowest BCUT2D eigenvalue weighted by molar-refractivity contribution is -0.149. The molecule has 0 spiro atoms. The maximum absolute atomic E-state index is 14.5. The van der Waals surface area contributed by atoms with E-state index in [0.717, 1.165) is 4.90 Å². The number of hydrogen-bond acceptors (Lipinski definition) is 18. The molecule has 2 aliphatic heterocycles. The molecular formula is C63H103N9O17S. The van der Waals surface area contributed by atoms with Crippen LogP contribution in [0.25, 0.3) is 0 Å². The summed E-state index contributed by atoms with van der Waals surface area (Å²) in [6, 6.07) is 0.854. The molecule has 0 unspecified atom stereocenters. The zero-order valence-corrected chi connectivity index (χ0v) is 56.2. The van der Waals surface area contributed by atoms with Crippen LogP contribution >= 0.6 is 0 Å². The van der Waals surface area contributed by atoms with Gasteiger partial charge in [0.2, 0.25) is 29.5 Å². The minimum Gasteiger partial charge on any atom is -0.379 e. The Balaban J connectivity index is 1.64. The van der Waals surface area contributed by atoms with E-state index in [4.69, 9.17) is 29.4 Å². The number of rotatable bonds is 43. The molecule has 0 radical (unpaired) electrons. The highest BCUT2D eigenvalue weighted by Gasteiger charge is 2.44. The first-order chi connectivity index (χ1) is 42.4. The van der Waals surface area contributed by atoms with E-state index in [1.807, 2.05) is 60.5 Å². The maximum atomic E-state index is 14.5. The summed E-state index contributed by atoms with van der Waals surface area (Å²) in [5.74, 6) is -6.04. The highest BCUT2D eigenvalue weighted by Crippen LogP contribution is 2.31. The van der Waals surface area contributed by atoms with Gasteiger partial charge in [-0.25, -0.2) is 17.9 Å². The first-order valence-electron chi connectivity index (χ1n) is 31.3. The number of imide groups is 1. The number of methoxy groups -OCH3 is 2. The number of Topliss-reactive ketones (excluding diaryl/α,β-unsaturated/α-hetero) is 2. The molecule has 0 bridgehead atoms. The third-order valence-corrected chi connectivity index (χ3v) is 18.0. The SMILES string of the molecule is CC[C@H](C)[C@@H]([C@@H](CC(=O)N1CCC[C@H]1[C@H](OC)[C@@H](C)C(=O)NS(=O)(=O)c1ccc(CC(=O)[C@H](CCCNC(N)=O)NC(=O)[C@@H](NC(=O)CCOCCOCCOCCN2C(=O)C=CC2=O)C(C)C)cc1)OC)N(C)C(=O)[C@@H](CC(=O)[C@H](C(C)C)N(C)C)C(C)C. The van der Waals surface area contributed by atoms with Crippen molar-refractivity contribution in [2.45, 2.75) is 167 Å². The van der Waals surface area contributed by atoms with Crippen LogP contribution in [0, 0.1) is 35.5 Å². The summed E-state index contributed by atoms with van der Waals surface area (Å²) >= 11 is 0. The Kier molecular flexibility index (Phi) is 33.4. The standard InChI is InChI=1S/C63H103N9O17S/c1-15-42(8)58(70(12)62(81)46(39(2)3)37-50(74)57(41(6)7)69(10)11)51(85-13)38-55(78)71-28-17-19-48(71)59(86-14)43(9)60(79)68-90(83,84)45-22-20-44(21-23-45)36-49(73)47(18-16-27-65-63(64)82)66-61(80)56(40(4)5)67-52(75)26-30-87-32-34-89-35-33-88-31-29-72-53(76)24-25-54(72)77/h20-25,39-43,46-48,51,56-59H,15-19,26-38H2,1-14H3,(H,66,80)(H,67,75)(H,68,79)(H3,64,65,82)/t42-,43+,46-,47-,48-,51+,56-,57-,58-,59+/m0/s1. The predicted molar refractivity (Wildman–Crippen MR) is 335 cm³/mol. The van der Waals surface area contributed by atoms with Gasteiger partial charge >= 0.3 is 6.03 Å². The molecule has 2 aliphatic rings. The van der Waals surface area contributed by atoms with Gasteiger partial charge in [0.1, 0.15) is 6.04 Å². The van der Waals surface area contributed by atoms with E-state index < -0.39 is 93.7 Å². The molecule has 1 saturated heterocycles. The second-order valence-corrected chi connectivity index (χ2v) is 26.2. The summed E-state index contributed by atoms with van der Waals surface area (Å²) in [4.78, 5) is 138. The van der Waals surface area contributed by atoms with Crippen LogP contribution in [0.3, 0.4) is 0 Å². The number of carbonyl (C=O) groups is 10. The molecular weight excluding hydrogens is 1190 g/mol. The number of benzene rings is 1. The minimum absolute atomic E-state index is 0.0147. The van der Waals surface area contributed by atoms with Crippen molar-refractivity contribution in [3.05, 3.63) is 42.0 Å². The third kappa shape index (κ3) is 24.1. The lowest BCUT2D eigenvalue weighted by Gasteiger charge is -2.41. The molecule has 10 atom stereocenters. The van der Waals surface area contributed by atoms with Gasteiger partial charge in [0.25, 0.3) is 21.8 Å². The zero-order chi connectivity index (χ0) is 67.6. The lowest BCUT2D eigenvalue weighted by atomic mass is 9.83. The quantitative estimate of drug-likeness (QED) is 0.0464. The highest BCUT2D eigenvalue weighted by atomic mass is 32.2. The Labute approximate surface area is 532 Å². The number of likely N-dealkylation sites (tertiary alicyclic amines) is 1. The molecule has 1 fully saturated rings. The molecule has 90 heavy (non-hydrogen) atoms. The van der Waals surface area contributed by atoms with E-state index in [0.29, 0.717) is 31.4 Å². The summed E-state index contributed by atoms with van der Waals surface area (Å²) in [6.45, 7) is 18.4. The molecule has 6 N–H and O–H groups in total. The van der Waals surface area contributed by atoms with Gasteiger partial charge in [-0.2, -0.15) is 0 Å². The van der Waals surface area contributed by atoms with E-state index in [1.165, 1.54) is 57.6 Å². The topological polar surface area (TPSA) is 338 Å². The fourth-order valence-corrected chi connectivity index (χ4v) is 12.6. The predicted octanol–water partition coefficient (Wildman–Crippen LogP) is 2.78. The van der Waals surface area contributed by atoms with Gasteiger partial charge in [-0.15, -0.1) is 0 Å². The molecule has 1 aromatic carbocycles. The normalized spacial score (nSPS) is 17.4. The highest BCUT2D eigenvalue weighted by molar-refractivity contribution is 7.90. The van der Waals surface area contributed by atoms with Gasteiger partial charge in [-0.3, -0.25) is 53.0 Å². The first-order valence-corrected chi connectivity index (χ1v) is 32.8. The molecule has 26 nitrogen and oxygen atoms in total. The van der Waals surface area contributed by atoms with Gasteiger partial charge in [0.15, 0.2) is 11.6 Å². The molecule has 1 aromatic rings. The Hall–Kier alpha value is -6.23. The Morgan fingerprint density at radius 2 is 1.34 bits per heavy atom. The van der Waals surface area contributed by atoms with E-state index >= 15 is 0 Å². The molecule has 0 saturated carbocycles. The number of hydrogen-bond donors (Lipinski definition) is 5. The third-order valence-electron chi connectivity index (χ3n) is 16.7. The van der Waals surface area contributed by atoms with E-state index in [2.05, 4.69) is 20.7 Å². The number of primary amides is 1. The van der Waals surface area contributed by atoms with Gasteiger partial charge in [0.05, 0.1) is 99.8 Å². The lowest BCUT2D eigenvalue weighted by Crippen LogP contribution is -2.54. The number of urea groups is 1. The number of carbonyl (C=O) groups excluding carboxylic acids is 10. The molecule has 0 aromatic heterocycles. The van der Waals surface area contributed by atoms with E-state index in [-0.39, 0.29) is 149 Å². The van der Waals surface area contributed by atoms with Crippen LogP contribution in [0.4, 0.5) is 4.79 Å². The Morgan fingerprint density at radius 3 is 1.88 bits per heavy atom. The summed E-state index contributed by atoms with van der Waals surface area (Å²) in [5, 5.41) is 7.92. The summed E-state index contributed by atoms with van der Waals surface area (Å²) in [7, 11) is 3.82. The van der Waals surface area contributed by atoms with Crippen molar-refractivity contribution < 1.29 is 80.0 Å². The maximum Gasteiger partial charge on any atom is 0.312 e. The summed E-state index contributed by atoms with van der Waals surface area (Å²) in [5.41, 5.74) is 5.62.